The van der Waals surface area contributed by atoms with Crippen LogP contribution in [0, 0.1) is 13.8 Å². The van der Waals surface area contributed by atoms with Crippen LogP contribution in [0.3, 0.4) is 0 Å². The molecule has 2 aromatic carbocycles. The molecule has 6 nitrogen and oxygen atoms in total. The van der Waals surface area contributed by atoms with E-state index in [1.807, 2.05) is 44.2 Å². The van der Waals surface area contributed by atoms with Crippen LogP contribution in [-0.2, 0) is 27.9 Å². The van der Waals surface area contributed by atoms with Gasteiger partial charge in [0.2, 0.25) is 15.9 Å². The summed E-state index contributed by atoms with van der Waals surface area (Å²) in [5.74, 6) is -0.0606. The standard InChI is InChI=1S/C25H35N3O3S/c1-20-12-13-24(17-21(20)2)28(32(3,30)31)16-8-11-25(29)26-18-22-9-4-5-10-23(22)19-27-14-6-7-15-27/h4-5,9-10,12-13,17H,6-8,11,14-16,18-19H2,1-3H3,(H,26,29). The molecule has 0 atom stereocenters. The zero-order valence-corrected chi connectivity index (χ0v) is 20.2. The van der Waals surface area contributed by atoms with E-state index >= 15 is 0 Å². The first-order valence-electron chi connectivity index (χ1n) is 11.3. The van der Waals surface area contributed by atoms with Crippen LogP contribution in [0.15, 0.2) is 42.5 Å². The van der Waals surface area contributed by atoms with Gasteiger partial charge in [-0.15, -0.1) is 0 Å². The molecule has 0 bridgehead atoms. The van der Waals surface area contributed by atoms with Gasteiger partial charge in [-0.25, -0.2) is 8.42 Å². The van der Waals surface area contributed by atoms with Gasteiger partial charge >= 0.3 is 0 Å². The van der Waals surface area contributed by atoms with Crippen molar-refractivity contribution in [2.75, 3.05) is 30.2 Å². The van der Waals surface area contributed by atoms with Crippen molar-refractivity contribution in [2.24, 2.45) is 0 Å². The molecule has 0 unspecified atom stereocenters. The van der Waals surface area contributed by atoms with Gasteiger partial charge in [0.1, 0.15) is 0 Å². The van der Waals surface area contributed by atoms with Crippen molar-refractivity contribution in [1.29, 1.82) is 0 Å². The number of hydrogen-bond donors (Lipinski definition) is 1. The third kappa shape index (κ3) is 6.81. The van der Waals surface area contributed by atoms with E-state index in [2.05, 4.69) is 22.3 Å². The number of aryl methyl sites for hydroxylation is 2. The molecule has 0 aliphatic carbocycles. The monoisotopic (exact) mass is 457 g/mol. The summed E-state index contributed by atoms with van der Waals surface area (Å²) >= 11 is 0. The minimum Gasteiger partial charge on any atom is -0.352 e. The lowest BCUT2D eigenvalue weighted by Crippen LogP contribution is -2.32. The Morgan fingerprint density at radius 2 is 1.72 bits per heavy atom. The largest absolute Gasteiger partial charge is 0.352 e. The Morgan fingerprint density at radius 3 is 2.38 bits per heavy atom. The number of nitrogens with zero attached hydrogens (tertiary/aromatic N) is 2. The number of amides is 1. The number of likely N-dealkylation sites (tertiary alicyclic amines) is 1. The van der Waals surface area contributed by atoms with Gasteiger partial charge in [-0.05, 0) is 80.6 Å². The summed E-state index contributed by atoms with van der Waals surface area (Å²) in [4.78, 5) is 14.9. The van der Waals surface area contributed by atoms with Crippen molar-refractivity contribution in [2.45, 2.75) is 52.6 Å². The van der Waals surface area contributed by atoms with E-state index in [1.165, 1.54) is 29.0 Å². The van der Waals surface area contributed by atoms with E-state index in [4.69, 9.17) is 0 Å². The third-order valence-electron chi connectivity index (χ3n) is 6.13. The maximum Gasteiger partial charge on any atom is 0.232 e. The van der Waals surface area contributed by atoms with Crippen LogP contribution >= 0.6 is 0 Å². The second kappa shape index (κ2) is 11.0. The molecule has 1 aliphatic heterocycles. The van der Waals surface area contributed by atoms with Crippen molar-refractivity contribution < 1.29 is 13.2 Å². The normalized spacial score (nSPS) is 14.5. The summed E-state index contributed by atoms with van der Waals surface area (Å²) in [5, 5.41) is 3.01. The quantitative estimate of drug-likeness (QED) is 0.590. The van der Waals surface area contributed by atoms with Gasteiger partial charge in [-0.1, -0.05) is 30.3 Å². The van der Waals surface area contributed by atoms with Gasteiger partial charge < -0.3 is 5.32 Å². The molecule has 1 N–H and O–H groups in total. The highest BCUT2D eigenvalue weighted by atomic mass is 32.2. The van der Waals surface area contributed by atoms with Gasteiger partial charge in [0.25, 0.3) is 0 Å². The SMILES string of the molecule is Cc1ccc(N(CCCC(=O)NCc2ccccc2CN2CCCC2)S(C)(=O)=O)cc1C. The first-order valence-corrected chi connectivity index (χ1v) is 13.2. The fourth-order valence-corrected chi connectivity index (χ4v) is 5.06. The average Bonchev–Trinajstić information content (AvgIpc) is 3.25. The number of carbonyl (C=O) groups is 1. The van der Waals surface area contributed by atoms with E-state index in [9.17, 15) is 13.2 Å². The molecule has 0 radical (unpaired) electrons. The van der Waals surface area contributed by atoms with Crippen LogP contribution in [0.4, 0.5) is 5.69 Å². The number of benzene rings is 2. The lowest BCUT2D eigenvalue weighted by molar-refractivity contribution is -0.121. The van der Waals surface area contributed by atoms with Crippen molar-refractivity contribution >= 4 is 21.6 Å². The lowest BCUT2D eigenvalue weighted by atomic mass is 10.1. The highest BCUT2D eigenvalue weighted by Gasteiger charge is 2.18. The minimum atomic E-state index is -3.42. The Kier molecular flexibility index (Phi) is 8.32. The molecule has 32 heavy (non-hydrogen) atoms. The maximum absolute atomic E-state index is 12.4. The average molecular weight is 458 g/mol. The Hall–Kier alpha value is -2.38. The Balaban J connectivity index is 1.52. The summed E-state index contributed by atoms with van der Waals surface area (Å²) < 4.78 is 26.0. The van der Waals surface area contributed by atoms with Crippen LogP contribution in [0.2, 0.25) is 0 Å². The smallest absolute Gasteiger partial charge is 0.232 e. The zero-order chi connectivity index (χ0) is 23.1. The van der Waals surface area contributed by atoms with Crippen LogP contribution < -0.4 is 9.62 Å². The van der Waals surface area contributed by atoms with Crippen molar-refractivity contribution in [3.05, 3.63) is 64.7 Å². The molecule has 7 heteroatoms. The van der Waals surface area contributed by atoms with E-state index in [0.717, 1.165) is 36.3 Å². The predicted molar refractivity (Wildman–Crippen MR) is 130 cm³/mol. The molecule has 174 valence electrons. The second-order valence-electron chi connectivity index (χ2n) is 8.74. The number of rotatable bonds is 10. The highest BCUT2D eigenvalue weighted by Crippen LogP contribution is 2.22. The van der Waals surface area contributed by atoms with Crippen LogP contribution in [0.5, 0.6) is 0 Å². The second-order valence-corrected chi connectivity index (χ2v) is 10.6. The molecule has 1 saturated heterocycles. The van der Waals surface area contributed by atoms with Gasteiger partial charge in [0.15, 0.2) is 0 Å². The number of nitrogens with one attached hydrogen (secondary N) is 1. The topological polar surface area (TPSA) is 69.7 Å². The Morgan fingerprint density at radius 1 is 1.03 bits per heavy atom. The molecule has 0 saturated carbocycles. The first kappa shape index (κ1) is 24.3. The molecule has 0 spiro atoms. The molecule has 0 aromatic heterocycles. The molecule has 3 rings (SSSR count). The van der Waals surface area contributed by atoms with Crippen LogP contribution in [-0.4, -0.2) is 45.1 Å². The fraction of sp³-hybridized carbons (Fsp3) is 0.480. The molecular weight excluding hydrogens is 422 g/mol. The number of anilines is 1. The fourth-order valence-electron chi connectivity index (χ4n) is 4.10. The number of hydrogen-bond acceptors (Lipinski definition) is 4. The van der Waals surface area contributed by atoms with Crippen LogP contribution in [0.25, 0.3) is 0 Å². The van der Waals surface area contributed by atoms with Gasteiger partial charge in [0, 0.05) is 26.1 Å². The molecule has 1 fully saturated rings. The molecule has 1 amide bonds. The van der Waals surface area contributed by atoms with Crippen molar-refractivity contribution in [1.82, 2.24) is 10.2 Å². The molecule has 1 heterocycles. The van der Waals surface area contributed by atoms with Crippen LogP contribution in [0.1, 0.15) is 47.9 Å². The van der Waals surface area contributed by atoms with Gasteiger partial charge in [-0.3, -0.25) is 14.0 Å². The Bertz CT molecular complexity index is 1030. The van der Waals surface area contributed by atoms with Crippen molar-refractivity contribution in [3.8, 4) is 0 Å². The summed E-state index contributed by atoms with van der Waals surface area (Å²) in [7, 11) is -3.42. The maximum atomic E-state index is 12.4. The summed E-state index contributed by atoms with van der Waals surface area (Å²) in [6.07, 6.45) is 4.46. The number of carbonyl (C=O) groups excluding carboxylic acids is 1. The predicted octanol–water partition coefficient (Wildman–Crippen LogP) is 3.76. The van der Waals surface area contributed by atoms with E-state index in [-0.39, 0.29) is 18.9 Å². The van der Waals surface area contributed by atoms with Crippen molar-refractivity contribution in [3.63, 3.8) is 0 Å². The van der Waals surface area contributed by atoms with Gasteiger partial charge in [-0.2, -0.15) is 0 Å². The zero-order valence-electron chi connectivity index (χ0n) is 19.4. The van der Waals surface area contributed by atoms with Gasteiger partial charge in [0.05, 0.1) is 11.9 Å². The highest BCUT2D eigenvalue weighted by molar-refractivity contribution is 7.92. The van der Waals surface area contributed by atoms with E-state index in [0.29, 0.717) is 18.7 Å². The lowest BCUT2D eigenvalue weighted by Gasteiger charge is -2.23. The Labute approximate surface area is 192 Å². The summed E-state index contributed by atoms with van der Waals surface area (Å²) in [6, 6.07) is 13.9. The molecule has 1 aliphatic rings. The minimum absolute atomic E-state index is 0.0606. The first-order chi connectivity index (χ1) is 15.2. The number of sulfonamides is 1. The molecular formula is C25H35N3O3S. The third-order valence-corrected chi connectivity index (χ3v) is 7.32. The summed E-state index contributed by atoms with van der Waals surface area (Å²) in [6.45, 7) is 7.93. The van der Waals surface area contributed by atoms with E-state index < -0.39 is 10.0 Å². The molecule has 2 aromatic rings. The summed E-state index contributed by atoms with van der Waals surface area (Å²) in [5.41, 5.74) is 5.20. The van der Waals surface area contributed by atoms with E-state index in [1.54, 1.807) is 0 Å².